The Labute approximate surface area is 114 Å². The molecule has 2 aromatic rings. The molecule has 9 nitrogen and oxygen atoms in total. The van der Waals surface area contributed by atoms with Gasteiger partial charge in [-0.3, -0.25) is 4.68 Å². The van der Waals surface area contributed by atoms with Crippen LogP contribution < -0.4 is 0 Å². The topological polar surface area (TPSA) is 115 Å². The maximum atomic E-state index is 11.2. The Hall–Kier alpha value is -2.26. The fraction of sp³-hybridized carbons (Fsp3) is 0.455. The molecule has 0 saturated heterocycles. The largest absolute Gasteiger partial charge is 0.476 e. The van der Waals surface area contributed by atoms with Crippen molar-refractivity contribution in [2.24, 2.45) is 7.05 Å². The van der Waals surface area contributed by atoms with Crippen molar-refractivity contribution in [1.29, 1.82) is 0 Å². The van der Waals surface area contributed by atoms with Gasteiger partial charge in [0.2, 0.25) is 0 Å². The number of hydrogen-bond acceptors (Lipinski definition) is 6. The van der Waals surface area contributed by atoms with Crippen molar-refractivity contribution in [2.75, 3.05) is 13.7 Å². The predicted octanol–water partition coefficient (Wildman–Crippen LogP) is -0.616. The van der Waals surface area contributed by atoms with Gasteiger partial charge in [-0.1, -0.05) is 5.21 Å². The number of ether oxygens (including phenoxy) is 1. The second kappa shape index (κ2) is 5.80. The molecule has 1 unspecified atom stereocenters. The average Bonchev–Trinajstić information content (AvgIpc) is 2.95. The Morgan fingerprint density at radius 3 is 2.85 bits per heavy atom. The van der Waals surface area contributed by atoms with Crippen LogP contribution in [-0.2, 0) is 18.3 Å². The highest BCUT2D eigenvalue weighted by Crippen LogP contribution is 2.21. The molecule has 2 heterocycles. The lowest BCUT2D eigenvalue weighted by molar-refractivity contribution is 0.0513. The van der Waals surface area contributed by atoms with Crippen LogP contribution in [0.1, 0.15) is 10.5 Å². The Kier molecular flexibility index (Phi) is 4.11. The van der Waals surface area contributed by atoms with Crippen molar-refractivity contribution in [3.63, 3.8) is 0 Å². The third kappa shape index (κ3) is 2.83. The molecule has 9 heteroatoms. The Morgan fingerprint density at radius 2 is 2.30 bits per heavy atom. The number of aromatic carboxylic acids is 1. The van der Waals surface area contributed by atoms with Crippen LogP contribution >= 0.6 is 0 Å². The van der Waals surface area contributed by atoms with Crippen molar-refractivity contribution in [3.8, 4) is 11.3 Å². The van der Waals surface area contributed by atoms with E-state index in [2.05, 4.69) is 15.4 Å². The van der Waals surface area contributed by atoms with Crippen molar-refractivity contribution in [2.45, 2.75) is 12.6 Å². The van der Waals surface area contributed by atoms with Crippen LogP contribution in [0.15, 0.2) is 12.4 Å². The summed E-state index contributed by atoms with van der Waals surface area (Å²) in [5.41, 5.74) is 0.697. The van der Waals surface area contributed by atoms with Gasteiger partial charge >= 0.3 is 5.97 Å². The van der Waals surface area contributed by atoms with Crippen LogP contribution in [-0.4, -0.2) is 60.8 Å². The van der Waals surface area contributed by atoms with E-state index >= 15 is 0 Å². The molecule has 2 aromatic heterocycles. The maximum Gasteiger partial charge on any atom is 0.358 e. The molecule has 2 rings (SSSR count). The van der Waals surface area contributed by atoms with E-state index < -0.39 is 12.1 Å². The van der Waals surface area contributed by atoms with E-state index in [1.165, 1.54) is 18.0 Å². The van der Waals surface area contributed by atoms with Crippen LogP contribution in [0.25, 0.3) is 11.3 Å². The normalized spacial score (nSPS) is 12.6. The Bertz CT molecular complexity index is 606. The molecule has 0 radical (unpaired) electrons. The van der Waals surface area contributed by atoms with E-state index in [0.29, 0.717) is 11.3 Å². The first-order valence-corrected chi connectivity index (χ1v) is 5.85. The molecule has 0 spiro atoms. The van der Waals surface area contributed by atoms with Gasteiger partial charge in [-0.05, 0) is 0 Å². The van der Waals surface area contributed by atoms with Gasteiger partial charge in [0.05, 0.1) is 25.5 Å². The van der Waals surface area contributed by atoms with Crippen LogP contribution in [0.3, 0.4) is 0 Å². The highest BCUT2D eigenvalue weighted by Gasteiger charge is 2.22. The summed E-state index contributed by atoms with van der Waals surface area (Å²) in [6.07, 6.45) is 2.37. The van der Waals surface area contributed by atoms with Crippen molar-refractivity contribution >= 4 is 5.97 Å². The number of rotatable bonds is 6. The average molecular weight is 281 g/mol. The number of aromatic nitrogens is 5. The van der Waals surface area contributed by atoms with Crippen molar-refractivity contribution in [3.05, 3.63) is 18.1 Å². The number of carboxylic acids is 1. The number of aliphatic hydroxyl groups is 1. The Morgan fingerprint density at radius 1 is 1.55 bits per heavy atom. The molecule has 0 aliphatic rings. The molecule has 1 atom stereocenters. The monoisotopic (exact) mass is 281 g/mol. The van der Waals surface area contributed by atoms with Gasteiger partial charge in [0, 0.05) is 25.9 Å². The zero-order valence-corrected chi connectivity index (χ0v) is 11.1. The van der Waals surface area contributed by atoms with E-state index in [0.717, 1.165) is 0 Å². The summed E-state index contributed by atoms with van der Waals surface area (Å²) < 4.78 is 7.72. The number of carboxylic acid groups (broad SMARTS) is 1. The van der Waals surface area contributed by atoms with Crippen molar-refractivity contribution < 1.29 is 19.7 Å². The molecule has 0 fully saturated rings. The summed E-state index contributed by atoms with van der Waals surface area (Å²) in [7, 11) is 3.19. The van der Waals surface area contributed by atoms with E-state index in [-0.39, 0.29) is 18.8 Å². The van der Waals surface area contributed by atoms with Gasteiger partial charge in [-0.25, -0.2) is 9.48 Å². The van der Waals surface area contributed by atoms with Crippen molar-refractivity contribution in [1.82, 2.24) is 24.8 Å². The summed E-state index contributed by atoms with van der Waals surface area (Å²) >= 11 is 0. The van der Waals surface area contributed by atoms with Crippen LogP contribution in [0.5, 0.6) is 0 Å². The fourth-order valence-electron chi connectivity index (χ4n) is 1.86. The van der Waals surface area contributed by atoms with E-state index in [4.69, 9.17) is 9.84 Å². The first-order valence-electron chi connectivity index (χ1n) is 5.85. The highest BCUT2D eigenvalue weighted by atomic mass is 16.5. The summed E-state index contributed by atoms with van der Waals surface area (Å²) in [6.45, 7) is 0.201. The van der Waals surface area contributed by atoms with E-state index in [1.54, 1.807) is 17.9 Å². The molecule has 0 amide bonds. The molecule has 2 N–H and O–H groups in total. The molecule has 0 bridgehead atoms. The lowest BCUT2D eigenvalue weighted by Crippen LogP contribution is -2.22. The second-order valence-electron chi connectivity index (χ2n) is 4.29. The standard InChI is InChI=1S/C11H15N5O4/c1-15-4-7(3-12-15)10-9(11(18)19)13-14-16(10)5-8(17)6-20-2/h3-4,8,17H,5-6H2,1-2H3,(H,18,19). The quantitative estimate of drug-likeness (QED) is 0.725. The minimum absolute atomic E-state index is 0.0817. The molecule has 108 valence electrons. The second-order valence-corrected chi connectivity index (χ2v) is 4.29. The molecule has 0 aromatic carbocycles. The van der Waals surface area contributed by atoms with Gasteiger partial charge in [0.1, 0.15) is 5.69 Å². The molecule has 0 aliphatic carbocycles. The zero-order valence-electron chi connectivity index (χ0n) is 11.1. The van der Waals surface area contributed by atoms with E-state index in [9.17, 15) is 9.90 Å². The fourth-order valence-corrected chi connectivity index (χ4v) is 1.86. The van der Waals surface area contributed by atoms with Crippen LogP contribution in [0, 0.1) is 0 Å². The lowest BCUT2D eigenvalue weighted by atomic mass is 10.2. The van der Waals surface area contributed by atoms with Gasteiger partial charge in [0.15, 0.2) is 5.69 Å². The molecular formula is C11H15N5O4. The number of aryl methyl sites for hydroxylation is 1. The summed E-state index contributed by atoms with van der Waals surface area (Å²) in [5, 5.41) is 30.3. The first kappa shape index (κ1) is 14.2. The maximum absolute atomic E-state index is 11.2. The summed E-state index contributed by atoms with van der Waals surface area (Å²) in [4.78, 5) is 11.2. The predicted molar refractivity (Wildman–Crippen MR) is 67.1 cm³/mol. The summed E-state index contributed by atoms with van der Waals surface area (Å²) in [5.74, 6) is -1.18. The molecule has 0 aliphatic heterocycles. The van der Waals surface area contributed by atoms with Crippen LogP contribution in [0.4, 0.5) is 0 Å². The minimum atomic E-state index is -1.18. The number of nitrogens with zero attached hydrogens (tertiary/aromatic N) is 5. The highest BCUT2D eigenvalue weighted by molar-refractivity contribution is 5.92. The van der Waals surface area contributed by atoms with Gasteiger partial charge in [0.25, 0.3) is 0 Å². The zero-order chi connectivity index (χ0) is 14.7. The number of hydrogen-bond donors (Lipinski definition) is 2. The number of carbonyl (C=O) groups is 1. The minimum Gasteiger partial charge on any atom is -0.476 e. The van der Waals surface area contributed by atoms with Gasteiger partial charge in [-0.15, -0.1) is 5.10 Å². The lowest BCUT2D eigenvalue weighted by Gasteiger charge is -2.10. The third-order valence-corrected chi connectivity index (χ3v) is 2.66. The van der Waals surface area contributed by atoms with E-state index in [1.807, 2.05) is 0 Å². The first-order chi connectivity index (χ1) is 9.52. The molecule has 20 heavy (non-hydrogen) atoms. The Balaban J connectivity index is 2.40. The van der Waals surface area contributed by atoms with Gasteiger partial charge < -0.3 is 14.9 Å². The van der Waals surface area contributed by atoms with Crippen LogP contribution in [0.2, 0.25) is 0 Å². The third-order valence-electron chi connectivity index (χ3n) is 2.66. The smallest absolute Gasteiger partial charge is 0.358 e. The number of methoxy groups -OCH3 is 1. The number of aliphatic hydroxyl groups excluding tert-OH is 1. The summed E-state index contributed by atoms with van der Waals surface area (Å²) in [6, 6.07) is 0. The molecular weight excluding hydrogens is 266 g/mol. The molecule has 0 saturated carbocycles. The van der Waals surface area contributed by atoms with Gasteiger partial charge in [-0.2, -0.15) is 5.10 Å². The SMILES string of the molecule is COCC(O)Cn1nnc(C(=O)O)c1-c1cnn(C)c1.